The van der Waals surface area contributed by atoms with Gasteiger partial charge in [-0.15, -0.1) is 0 Å². The molecule has 24 heavy (non-hydrogen) atoms. The van der Waals surface area contributed by atoms with Gasteiger partial charge in [-0.1, -0.05) is 29.3 Å². The summed E-state index contributed by atoms with van der Waals surface area (Å²) in [6.07, 6.45) is -0.719. The lowest BCUT2D eigenvalue weighted by Crippen LogP contribution is -2.44. The summed E-state index contributed by atoms with van der Waals surface area (Å²) >= 11 is 11.9. The molecule has 1 amide bonds. The first-order valence-corrected chi connectivity index (χ1v) is 7.70. The van der Waals surface area contributed by atoms with Gasteiger partial charge >= 0.3 is 5.82 Å². The van der Waals surface area contributed by atoms with Crippen LogP contribution in [0.5, 0.6) is 5.75 Å². The predicted molar refractivity (Wildman–Crippen MR) is 88.6 cm³/mol. The number of pyridine rings is 1. The number of anilines is 1. The molecular formula is C15H11Cl2N3O4. The number of hydrogen-bond acceptors (Lipinski definition) is 5. The largest absolute Gasteiger partial charge is 0.475 e. The van der Waals surface area contributed by atoms with Gasteiger partial charge in [-0.05, 0) is 40.6 Å². The Morgan fingerprint density at radius 1 is 1.29 bits per heavy atom. The molecule has 1 aromatic heterocycles. The molecule has 1 unspecified atom stereocenters. The Labute approximate surface area is 146 Å². The van der Waals surface area contributed by atoms with Crippen LogP contribution < -0.4 is 9.64 Å². The average molecular weight is 368 g/mol. The van der Waals surface area contributed by atoms with Crippen molar-refractivity contribution in [2.75, 3.05) is 4.90 Å². The van der Waals surface area contributed by atoms with Crippen LogP contribution in [0.3, 0.4) is 0 Å². The van der Waals surface area contributed by atoms with Gasteiger partial charge < -0.3 is 14.9 Å². The van der Waals surface area contributed by atoms with Crippen LogP contribution in [0.25, 0.3) is 0 Å². The normalized spacial score (nSPS) is 16.5. The Balaban J connectivity index is 2.02. The third-order valence-electron chi connectivity index (χ3n) is 3.51. The van der Waals surface area contributed by atoms with Crippen LogP contribution in [0.4, 0.5) is 11.6 Å². The quantitative estimate of drug-likeness (QED) is 0.610. The van der Waals surface area contributed by atoms with Crippen LogP contribution in [0.15, 0.2) is 30.3 Å². The topological polar surface area (TPSA) is 85.6 Å². The van der Waals surface area contributed by atoms with E-state index in [4.69, 9.17) is 27.9 Å². The van der Waals surface area contributed by atoms with Crippen molar-refractivity contribution < 1.29 is 14.5 Å². The molecule has 0 N–H and O–H groups in total. The summed E-state index contributed by atoms with van der Waals surface area (Å²) in [6, 6.07) is 7.65. The number of halogens is 2. The second-order valence-electron chi connectivity index (χ2n) is 5.18. The number of nitrogens with zero attached hydrogens (tertiary/aromatic N) is 3. The standard InChI is InChI=1S/C15H11Cl2N3O4/c1-8-15(21)19(7-9-2-3-10(16)11(17)6-9)14-12(24-8)4-5-13(18-14)20(22)23/h2-6,8H,7H2,1H3. The van der Waals surface area contributed by atoms with Crippen molar-refractivity contribution >= 4 is 40.7 Å². The molecular weight excluding hydrogens is 357 g/mol. The molecule has 9 heteroatoms. The van der Waals surface area contributed by atoms with Gasteiger partial charge in [-0.25, -0.2) is 0 Å². The molecule has 0 fully saturated rings. The second-order valence-corrected chi connectivity index (χ2v) is 6.00. The Morgan fingerprint density at radius 2 is 2.04 bits per heavy atom. The van der Waals surface area contributed by atoms with E-state index in [1.54, 1.807) is 25.1 Å². The second kappa shape index (κ2) is 6.26. The van der Waals surface area contributed by atoms with Crippen molar-refractivity contribution in [3.63, 3.8) is 0 Å². The molecule has 0 bridgehead atoms. The third kappa shape index (κ3) is 3.00. The summed E-state index contributed by atoms with van der Waals surface area (Å²) in [4.78, 5) is 28.1. The summed E-state index contributed by atoms with van der Waals surface area (Å²) < 4.78 is 5.47. The van der Waals surface area contributed by atoms with Gasteiger partial charge in [0.2, 0.25) is 0 Å². The zero-order valence-corrected chi connectivity index (χ0v) is 13.9. The maximum absolute atomic E-state index is 12.5. The number of ether oxygens (including phenoxy) is 1. The van der Waals surface area contributed by atoms with E-state index < -0.39 is 11.0 Å². The zero-order valence-electron chi connectivity index (χ0n) is 12.4. The first-order chi connectivity index (χ1) is 11.4. The first-order valence-electron chi connectivity index (χ1n) is 6.94. The van der Waals surface area contributed by atoms with Gasteiger partial charge in [-0.3, -0.25) is 9.69 Å². The zero-order chi connectivity index (χ0) is 17.4. The maximum Gasteiger partial charge on any atom is 0.366 e. The van der Waals surface area contributed by atoms with Gasteiger partial charge in [0.05, 0.1) is 16.6 Å². The Bertz CT molecular complexity index is 843. The Kier molecular flexibility index (Phi) is 4.29. The number of carbonyl (C=O) groups excluding carboxylic acids is 1. The molecule has 2 aromatic rings. The lowest BCUT2D eigenvalue weighted by atomic mass is 10.1. The van der Waals surface area contributed by atoms with Crippen molar-refractivity contribution in [1.29, 1.82) is 0 Å². The van der Waals surface area contributed by atoms with E-state index in [1.165, 1.54) is 17.0 Å². The highest BCUT2D eigenvalue weighted by molar-refractivity contribution is 6.42. The summed E-state index contributed by atoms with van der Waals surface area (Å²) in [5, 5.41) is 11.7. The SMILES string of the molecule is CC1Oc2ccc([N+](=O)[O-])nc2N(Cc2ccc(Cl)c(Cl)c2)C1=O. The molecule has 1 aliphatic rings. The average Bonchev–Trinajstić information content (AvgIpc) is 2.54. The first kappa shape index (κ1) is 16.5. The highest BCUT2D eigenvalue weighted by atomic mass is 35.5. The summed E-state index contributed by atoms with van der Waals surface area (Å²) in [5.41, 5.74) is 0.714. The number of carbonyl (C=O) groups is 1. The summed E-state index contributed by atoms with van der Waals surface area (Å²) in [7, 11) is 0. The number of benzene rings is 1. The van der Waals surface area contributed by atoms with Crippen molar-refractivity contribution in [1.82, 2.24) is 4.98 Å². The fourth-order valence-corrected chi connectivity index (χ4v) is 2.67. The molecule has 0 saturated carbocycles. The third-order valence-corrected chi connectivity index (χ3v) is 4.25. The van der Waals surface area contributed by atoms with Crippen LogP contribution >= 0.6 is 23.2 Å². The van der Waals surface area contributed by atoms with Crippen molar-refractivity contribution in [2.24, 2.45) is 0 Å². The molecule has 0 spiro atoms. The molecule has 0 saturated heterocycles. The van der Waals surface area contributed by atoms with Crippen molar-refractivity contribution in [3.8, 4) is 5.75 Å². The van der Waals surface area contributed by atoms with Gasteiger partial charge in [0.25, 0.3) is 11.7 Å². The molecule has 1 aliphatic heterocycles. The van der Waals surface area contributed by atoms with E-state index in [2.05, 4.69) is 4.98 Å². The van der Waals surface area contributed by atoms with Crippen LogP contribution in [-0.4, -0.2) is 21.9 Å². The lowest BCUT2D eigenvalue weighted by molar-refractivity contribution is -0.389. The highest BCUT2D eigenvalue weighted by Gasteiger charge is 2.36. The lowest BCUT2D eigenvalue weighted by Gasteiger charge is -2.29. The Morgan fingerprint density at radius 3 is 2.71 bits per heavy atom. The van der Waals surface area contributed by atoms with Crippen LogP contribution in [0.1, 0.15) is 12.5 Å². The highest BCUT2D eigenvalue weighted by Crippen LogP contribution is 2.35. The molecule has 124 valence electrons. The molecule has 1 atom stereocenters. The van der Waals surface area contributed by atoms with Crippen molar-refractivity contribution in [3.05, 3.63) is 56.1 Å². The summed E-state index contributed by atoms with van der Waals surface area (Å²) in [6.45, 7) is 1.75. The van der Waals surface area contributed by atoms with E-state index in [9.17, 15) is 14.9 Å². The summed E-state index contributed by atoms with van der Waals surface area (Å²) in [5.74, 6) is -0.286. The number of amides is 1. The van der Waals surface area contributed by atoms with Gasteiger partial charge in [0, 0.05) is 6.07 Å². The number of aromatic nitrogens is 1. The van der Waals surface area contributed by atoms with E-state index in [1.807, 2.05) is 0 Å². The molecule has 3 rings (SSSR count). The molecule has 0 radical (unpaired) electrons. The fourth-order valence-electron chi connectivity index (χ4n) is 2.35. The molecule has 2 heterocycles. The number of nitro groups is 1. The van der Waals surface area contributed by atoms with Gasteiger partial charge in [0.15, 0.2) is 11.9 Å². The van der Waals surface area contributed by atoms with Gasteiger partial charge in [-0.2, -0.15) is 0 Å². The van der Waals surface area contributed by atoms with Crippen LogP contribution in [0, 0.1) is 10.1 Å². The maximum atomic E-state index is 12.5. The molecule has 1 aromatic carbocycles. The molecule has 0 aliphatic carbocycles. The van der Waals surface area contributed by atoms with Crippen LogP contribution in [0.2, 0.25) is 10.0 Å². The minimum absolute atomic E-state index is 0.110. The smallest absolute Gasteiger partial charge is 0.366 e. The number of fused-ring (bicyclic) bond motifs is 1. The predicted octanol–water partition coefficient (Wildman–Crippen LogP) is 3.61. The van der Waals surface area contributed by atoms with Crippen molar-refractivity contribution in [2.45, 2.75) is 19.6 Å². The number of hydrogen-bond donors (Lipinski definition) is 0. The molecule has 7 nitrogen and oxygen atoms in total. The van der Waals surface area contributed by atoms with Gasteiger partial charge in [0.1, 0.15) is 0 Å². The fraction of sp³-hybridized carbons (Fsp3) is 0.200. The van der Waals surface area contributed by atoms with E-state index in [0.717, 1.165) is 0 Å². The minimum atomic E-state index is -0.719. The number of rotatable bonds is 3. The van der Waals surface area contributed by atoms with Crippen LogP contribution in [-0.2, 0) is 11.3 Å². The van der Waals surface area contributed by atoms with E-state index >= 15 is 0 Å². The van der Waals surface area contributed by atoms with E-state index in [-0.39, 0.29) is 24.1 Å². The monoisotopic (exact) mass is 367 g/mol. The van der Waals surface area contributed by atoms with E-state index in [0.29, 0.717) is 21.4 Å². The minimum Gasteiger partial charge on any atom is -0.475 e. The Hall–Kier alpha value is -2.38.